The molecule has 0 radical (unpaired) electrons. The molecule has 0 saturated heterocycles. The van der Waals surface area contributed by atoms with Crippen molar-refractivity contribution in [3.8, 4) is 0 Å². The van der Waals surface area contributed by atoms with E-state index in [9.17, 15) is 10.2 Å². The third-order valence-electron chi connectivity index (χ3n) is 6.50. The fourth-order valence-electron chi connectivity index (χ4n) is 4.23. The predicted octanol–water partition coefficient (Wildman–Crippen LogP) is 6.90. The predicted molar refractivity (Wildman–Crippen MR) is 128 cm³/mol. The Morgan fingerprint density at radius 1 is 0.733 bits per heavy atom. The number of aliphatic hydroxyl groups is 2. The maximum absolute atomic E-state index is 10.7. The lowest BCUT2D eigenvalue weighted by Gasteiger charge is -2.26. The monoisotopic (exact) mass is 430 g/mol. The van der Waals surface area contributed by atoms with Crippen LogP contribution in [0.5, 0.6) is 0 Å². The molecule has 2 nitrogen and oxygen atoms in total. The largest absolute Gasteiger partial charge is 0.393 e. The summed E-state index contributed by atoms with van der Waals surface area (Å²) in [6, 6.07) is 21.0. The lowest BCUT2D eigenvalue weighted by Crippen LogP contribution is -2.26. The smallest absolute Gasteiger partial charge is 0.0704 e. The average Bonchev–Trinajstić information content (AvgIpc) is 2.79. The van der Waals surface area contributed by atoms with E-state index in [4.69, 9.17) is 11.6 Å². The summed E-state index contributed by atoms with van der Waals surface area (Å²) in [7, 11) is 0. The van der Waals surface area contributed by atoms with Crippen molar-refractivity contribution in [2.24, 2.45) is 5.92 Å². The lowest BCUT2D eigenvalue weighted by molar-refractivity contribution is 0.0716. The van der Waals surface area contributed by atoms with Crippen LogP contribution in [0.1, 0.15) is 82.3 Å². The van der Waals surface area contributed by atoms with Gasteiger partial charge in [0, 0.05) is 0 Å². The number of rotatable bonds is 13. The zero-order chi connectivity index (χ0) is 21.9. The van der Waals surface area contributed by atoms with E-state index >= 15 is 0 Å². The zero-order valence-electron chi connectivity index (χ0n) is 18.8. The molecule has 0 bridgehead atoms. The normalized spacial score (nSPS) is 17.7. The Labute approximate surface area is 188 Å². The van der Waals surface area contributed by atoms with Crippen LogP contribution in [0.25, 0.3) is 0 Å². The Morgan fingerprint density at radius 3 is 1.83 bits per heavy atom. The molecule has 0 aliphatic carbocycles. The summed E-state index contributed by atoms with van der Waals surface area (Å²) in [5.74, 6) is 1.07. The van der Waals surface area contributed by atoms with Gasteiger partial charge in [-0.15, -0.1) is 11.6 Å². The lowest BCUT2D eigenvalue weighted by atomic mass is 9.84. The van der Waals surface area contributed by atoms with Crippen molar-refractivity contribution in [3.63, 3.8) is 0 Å². The molecule has 0 aliphatic rings. The van der Waals surface area contributed by atoms with Crippen molar-refractivity contribution in [2.45, 2.75) is 88.7 Å². The molecule has 6 unspecified atom stereocenters. The van der Waals surface area contributed by atoms with Crippen LogP contribution in [0.2, 0.25) is 0 Å². The Balaban J connectivity index is 1.73. The van der Waals surface area contributed by atoms with E-state index in [1.807, 2.05) is 12.1 Å². The molecule has 2 aromatic rings. The number of hydrogen-bond donors (Lipinski definition) is 2. The van der Waals surface area contributed by atoms with Crippen LogP contribution in [0, 0.1) is 5.92 Å². The Hall–Kier alpha value is -1.35. The third kappa shape index (κ3) is 8.06. The van der Waals surface area contributed by atoms with E-state index in [1.165, 1.54) is 11.1 Å². The van der Waals surface area contributed by atoms with Crippen LogP contribution in [-0.4, -0.2) is 27.8 Å². The van der Waals surface area contributed by atoms with Crippen LogP contribution in [0.3, 0.4) is 0 Å². The molecule has 166 valence electrons. The zero-order valence-corrected chi connectivity index (χ0v) is 19.5. The van der Waals surface area contributed by atoms with Gasteiger partial charge in [-0.3, -0.25) is 0 Å². The maximum atomic E-state index is 10.7. The van der Waals surface area contributed by atoms with Gasteiger partial charge in [-0.05, 0) is 67.4 Å². The molecule has 0 spiro atoms. The quantitative estimate of drug-likeness (QED) is 0.339. The Bertz CT molecular complexity index is 691. The summed E-state index contributed by atoms with van der Waals surface area (Å²) in [6.45, 7) is 6.52. The molecule has 0 aromatic heterocycles. The molecule has 2 aromatic carbocycles. The van der Waals surface area contributed by atoms with Crippen molar-refractivity contribution in [1.29, 1.82) is 0 Å². The van der Waals surface area contributed by atoms with Crippen molar-refractivity contribution in [3.05, 3.63) is 71.8 Å². The van der Waals surface area contributed by atoms with Crippen LogP contribution in [0.4, 0.5) is 0 Å². The highest BCUT2D eigenvalue weighted by molar-refractivity contribution is 6.21. The van der Waals surface area contributed by atoms with Gasteiger partial charge in [0.25, 0.3) is 0 Å². The number of halogens is 1. The van der Waals surface area contributed by atoms with Crippen LogP contribution >= 0.6 is 11.6 Å². The van der Waals surface area contributed by atoms with Gasteiger partial charge in [0.15, 0.2) is 0 Å². The van der Waals surface area contributed by atoms with Gasteiger partial charge >= 0.3 is 0 Å². The summed E-state index contributed by atoms with van der Waals surface area (Å²) in [5.41, 5.74) is 2.65. The molecule has 0 aliphatic heterocycles. The van der Waals surface area contributed by atoms with Crippen LogP contribution in [0.15, 0.2) is 60.7 Å². The van der Waals surface area contributed by atoms with E-state index < -0.39 is 12.2 Å². The van der Waals surface area contributed by atoms with E-state index in [2.05, 4.69) is 69.3 Å². The van der Waals surface area contributed by atoms with Crippen molar-refractivity contribution >= 4 is 11.6 Å². The first-order valence-corrected chi connectivity index (χ1v) is 12.0. The first-order chi connectivity index (χ1) is 14.4. The standard InChI is InChI=1S/C27H39ClO2/c1-4-22(24-13-9-6-10-14-24)19-21(3)26(29)17-18-27(30)25(28)16-15-20(2)23-11-7-5-8-12-23/h5-14,20-22,25-27,29-30H,4,15-19H2,1-3H3. The van der Waals surface area contributed by atoms with E-state index in [1.54, 1.807) is 0 Å². The number of aliphatic hydroxyl groups excluding tert-OH is 2. The summed E-state index contributed by atoms with van der Waals surface area (Å²) in [5, 5.41) is 20.9. The van der Waals surface area contributed by atoms with E-state index in [0.29, 0.717) is 24.7 Å². The fourth-order valence-corrected chi connectivity index (χ4v) is 4.48. The van der Waals surface area contributed by atoms with Gasteiger partial charge in [-0.2, -0.15) is 0 Å². The molecule has 0 amide bonds. The molecule has 0 fully saturated rings. The minimum atomic E-state index is -0.576. The summed E-state index contributed by atoms with van der Waals surface area (Å²) >= 11 is 6.48. The average molecular weight is 431 g/mol. The molecule has 0 heterocycles. The molecule has 2 N–H and O–H groups in total. The second-order valence-electron chi connectivity index (χ2n) is 8.85. The molecule has 2 rings (SSSR count). The number of alkyl halides is 1. The summed E-state index contributed by atoms with van der Waals surface area (Å²) in [4.78, 5) is 0. The molecule has 30 heavy (non-hydrogen) atoms. The SMILES string of the molecule is CCC(CC(C)C(O)CCC(O)C(Cl)CCC(C)c1ccccc1)c1ccccc1. The summed E-state index contributed by atoms with van der Waals surface area (Å²) in [6.07, 6.45) is 3.88. The highest BCUT2D eigenvalue weighted by atomic mass is 35.5. The molecule has 6 atom stereocenters. The maximum Gasteiger partial charge on any atom is 0.0704 e. The van der Waals surface area contributed by atoms with Crippen LogP contribution in [-0.2, 0) is 0 Å². The highest BCUT2D eigenvalue weighted by Crippen LogP contribution is 2.30. The fraction of sp³-hybridized carbons (Fsp3) is 0.556. The molecule has 0 saturated carbocycles. The first-order valence-electron chi connectivity index (χ1n) is 11.5. The Kier molecular flexibility index (Phi) is 10.9. The first kappa shape index (κ1) is 24.9. The molecule has 3 heteroatoms. The van der Waals surface area contributed by atoms with Gasteiger partial charge in [-0.25, -0.2) is 0 Å². The van der Waals surface area contributed by atoms with Crippen LogP contribution < -0.4 is 0 Å². The molecular weight excluding hydrogens is 392 g/mol. The topological polar surface area (TPSA) is 40.5 Å². The van der Waals surface area contributed by atoms with Crippen molar-refractivity contribution < 1.29 is 10.2 Å². The van der Waals surface area contributed by atoms with Gasteiger partial charge < -0.3 is 10.2 Å². The van der Waals surface area contributed by atoms with Crippen molar-refractivity contribution in [2.75, 3.05) is 0 Å². The Morgan fingerprint density at radius 2 is 1.27 bits per heavy atom. The van der Waals surface area contributed by atoms with Gasteiger partial charge in [0.05, 0.1) is 17.6 Å². The second-order valence-corrected chi connectivity index (χ2v) is 9.41. The highest BCUT2D eigenvalue weighted by Gasteiger charge is 2.23. The van der Waals surface area contributed by atoms with Gasteiger partial charge in [-0.1, -0.05) is 81.4 Å². The minimum absolute atomic E-state index is 0.189. The van der Waals surface area contributed by atoms with E-state index in [-0.39, 0.29) is 11.3 Å². The number of hydrogen-bond acceptors (Lipinski definition) is 2. The van der Waals surface area contributed by atoms with Gasteiger partial charge in [0.1, 0.15) is 0 Å². The number of benzene rings is 2. The van der Waals surface area contributed by atoms with Gasteiger partial charge in [0.2, 0.25) is 0 Å². The van der Waals surface area contributed by atoms with E-state index in [0.717, 1.165) is 25.7 Å². The minimum Gasteiger partial charge on any atom is -0.393 e. The van der Waals surface area contributed by atoms with Crippen molar-refractivity contribution in [1.82, 2.24) is 0 Å². The third-order valence-corrected chi connectivity index (χ3v) is 7.01. The second kappa shape index (κ2) is 13.1. The molecular formula is C27H39ClO2. The summed E-state index contributed by atoms with van der Waals surface area (Å²) < 4.78 is 0.